The molecule has 2 aromatic carbocycles. The van der Waals surface area contributed by atoms with E-state index in [9.17, 15) is 9.18 Å². The number of nitrogens with one attached hydrogen (secondary N) is 1. The average molecular weight is 380 g/mol. The molecule has 0 spiro atoms. The molecule has 8 heteroatoms. The fourth-order valence-electron chi connectivity index (χ4n) is 2.56. The zero-order valence-electron chi connectivity index (χ0n) is 14.1. The van der Waals surface area contributed by atoms with E-state index in [2.05, 4.69) is 20.5 Å². The highest BCUT2D eigenvalue weighted by Crippen LogP contribution is 2.30. The first-order chi connectivity index (χ1) is 13.1. The predicted octanol–water partition coefficient (Wildman–Crippen LogP) is 4.56. The number of amides is 1. The van der Waals surface area contributed by atoms with Gasteiger partial charge in [-0.15, -0.1) is 10.2 Å². The molecule has 4 rings (SSSR count). The van der Waals surface area contributed by atoms with Gasteiger partial charge in [0.25, 0.3) is 5.91 Å². The number of rotatable bonds is 4. The van der Waals surface area contributed by atoms with Crippen LogP contribution in [0, 0.1) is 12.7 Å². The Kier molecular flexibility index (Phi) is 4.47. The summed E-state index contributed by atoms with van der Waals surface area (Å²) in [6.07, 6.45) is 1.44. The highest BCUT2D eigenvalue weighted by atomic mass is 32.1. The van der Waals surface area contributed by atoms with E-state index in [1.54, 1.807) is 49.4 Å². The molecule has 0 saturated carbocycles. The number of hydrogen-bond acceptors (Lipinski definition) is 6. The van der Waals surface area contributed by atoms with Gasteiger partial charge in [-0.05, 0) is 31.2 Å². The van der Waals surface area contributed by atoms with Crippen LogP contribution in [0.5, 0.6) is 0 Å². The molecule has 2 heterocycles. The minimum Gasteiger partial charge on any atom is -0.436 e. The van der Waals surface area contributed by atoms with E-state index >= 15 is 0 Å². The maximum Gasteiger partial charge on any atom is 0.258 e. The van der Waals surface area contributed by atoms with Crippen LogP contribution in [-0.4, -0.2) is 21.1 Å². The van der Waals surface area contributed by atoms with Crippen LogP contribution in [0.4, 0.5) is 9.52 Å². The molecular weight excluding hydrogens is 367 g/mol. The third-order valence-corrected chi connectivity index (χ3v) is 4.55. The lowest BCUT2D eigenvalue weighted by atomic mass is 10.1. The summed E-state index contributed by atoms with van der Waals surface area (Å²) in [5.74, 6) is -0.240. The van der Waals surface area contributed by atoms with Crippen molar-refractivity contribution in [2.24, 2.45) is 0 Å². The van der Waals surface area contributed by atoms with Crippen molar-refractivity contribution in [2.75, 3.05) is 5.32 Å². The van der Waals surface area contributed by atoms with Crippen LogP contribution >= 0.6 is 11.3 Å². The molecule has 1 amide bonds. The number of oxazole rings is 1. The first kappa shape index (κ1) is 17.0. The largest absolute Gasteiger partial charge is 0.436 e. The van der Waals surface area contributed by atoms with Gasteiger partial charge < -0.3 is 4.42 Å². The van der Waals surface area contributed by atoms with Gasteiger partial charge in [-0.2, -0.15) is 0 Å². The molecule has 0 aliphatic carbocycles. The van der Waals surface area contributed by atoms with Crippen molar-refractivity contribution >= 4 is 22.4 Å². The van der Waals surface area contributed by atoms with Gasteiger partial charge in [-0.3, -0.25) is 10.1 Å². The molecule has 0 saturated heterocycles. The molecule has 0 bridgehead atoms. The molecule has 2 aromatic heterocycles. The maximum absolute atomic E-state index is 14.0. The molecule has 1 N–H and O–H groups in total. The Hall–Kier alpha value is -3.39. The van der Waals surface area contributed by atoms with Gasteiger partial charge in [0, 0.05) is 5.56 Å². The van der Waals surface area contributed by atoms with Gasteiger partial charge in [0.05, 0.1) is 17.3 Å². The van der Waals surface area contributed by atoms with Gasteiger partial charge in [0.15, 0.2) is 5.76 Å². The van der Waals surface area contributed by atoms with E-state index in [1.807, 2.05) is 0 Å². The summed E-state index contributed by atoms with van der Waals surface area (Å²) in [4.78, 5) is 16.9. The number of aromatic nitrogens is 3. The number of anilines is 1. The Morgan fingerprint density at radius 1 is 1.07 bits per heavy atom. The lowest BCUT2D eigenvalue weighted by molar-refractivity contribution is 0.102. The summed E-state index contributed by atoms with van der Waals surface area (Å²) in [6, 6.07) is 13.2. The Balaban J connectivity index is 1.67. The zero-order chi connectivity index (χ0) is 18.8. The summed E-state index contributed by atoms with van der Waals surface area (Å²) < 4.78 is 19.7. The van der Waals surface area contributed by atoms with E-state index < -0.39 is 5.82 Å². The molecule has 0 radical (unpaired) electrons. The maximum atomic E-state index is 14.0. The number of carbonyl (C=O) groups excluding carboxylic acids is 1. The Morgan fingerprint density at radius 3 is 2.56 bits per heavy atom. The van der Waals surface area contributed by atoms with Crippen molar-refractivity contribution in [3.63, 3.8) is 0 Å². The van der Waals surface area contributed by atoms with Crippen LogP contribution in [0.15, 0.2) is 59.1 Å². The van der Waals surface area contributed by atoms with Gasteiger partial charge in [0.2, 0.25) is 11.0 Å². The summed E-state index contributed by atoms with van der Waals surface area (Å²) in [6.45, 7) is 1.80. The highest BCUT2D eigenvalue weighted by Gasteiger charge is 2.18. The molecule has 0 aliphatic heterocycles. The first-order valence-corrected chi connectivity index (χ1v) is 8.85. The van der Waals surface area contributed by atoms with Crippen LogP contribution in [0.1, 0.15) is 15.4 Å². The lowest BCUT2D eigenvalue weighted by Gasteiger charge is -2.06. The van der Waals surface area contributed by atoms with Gasteiger partial charge >= 0.3 is 0 Å². The normalized spacial score (nSPS) is 10.7. The second kappa shape index (κ2) is 7.08. The lowest BCUT2D eigenvalue weighted by Crippen LogP contribution is -2.13. The van der Waals surface area contributed by atoms with Crippen molar-refractivity contribution in [3.8, 4) is 22.8 Å². The number of carbonyl (C=O) groups is 1. The van der Waals surface area contributed by atoms with Crippen LogP contribution in [0.3, 0.4) is 0 Å². The summed E-state index contributed by atoms with van der Waals surface area (Å²) in [5, 5.41) is 11.6. The molecule has 4 aromatic rings. The quantitative estimate of drug-likeness (QED) is 0.561. The second-order valence-electron chi connectivity index (χ2n) is 5.64. The summed E-state index contributed by atoms with van der Waals surface area (Å²) in [7, 11) is 0. The Morgan fingerprint density at radius 2 is 1.81 bits per heavy atom. The summed E-state index contributed by atoms with van der Waals surface area (Å²) in [5.41, 5.74) is 1.17. The monoisotopic (exact) mass is 380 g/mol. The van der Waals surface area contributed by atoms with Crippen LogP contribution in [0.2, 0.25) is 0 Å². The van der Waals surface area contributed by atoms with E-state index in [-0.39, 0.29) is 17.6 Å². The average Bonchev–Trinajstić information content (AvgIpc) is 3.31. The smallest absolute Gasteiger partial charge is 0.258 e. The number of benzene rings is 2. The van der Waals surface area contributed by atoms with E-state index in [0.29, 0.717) is 21.8 Å². The van der Waals surface area contributed by atoms with E-state index in [4.69, 9.17) is 4.42 Å². The minimum absolute atomic E-state index is 0.229. The van der Waals surface area contributed by atoms with Crippen molar-refractivity contribution < 1.29 is 13.6 Å². The Labute approximate surface area is 157 Å². The fourth-order valence-corrected chi connectivity index (χ4v) is 3.15. The number of halogens is 1. The standard InChI is InChI=1S/C19H13FN4O2S/c1-11-23-24-19(27-11)22-17(25)12-6-2-3-7-13(12)18-21-10-16(26-18)14-8-4-5-9-15(14)20/h2-10H,1H3,(H,22,24,25). The fraction of sp³-hybridized carbons (Fsp3) is 0.0526. The third-order valence-electron chi connectivity index (χ3n) is 3.79. The van der Waals surface area contributed by atoms with Crippen molar-refractivity contribution in [3.05, 3.63) is 71.1 Å². The van der Waals surface area contributed by atoms with E-state index in [0.717, 1.165) is 5.01 Å². The summed E-state index contributed by atoms with van der Waals surface area (Å²) >= 11 is 1.28. The molecule has 0 aliphatic rings. The SMILES string of the molecule is Cc1nnc(NC(=O)c2ccccc2-c2ncc(-c3ccccc3F)o2)s1. The molecule has 27 heavy (non-hydrogen) atoms. The zero-order valence-corrected chi connectivity index (χ0v) is 15.0. The van der Waals surface area contributed by atoms with Crippen LogP contribution in [0.25, 0.3) is 22.8 Å². The van der Waals surface area contributed by atoms with Crippen LogP contribution in [-0.2, 0) is 0 Å². The number of nitrogens with zero attached hydrogens (tertiary/aromatic N) is 3. The second-order valence-corrected chi connectivity index (χ2v) is 6.82. The molecule has 0 atom stereocenters. The number of hydrogen-bond donors (Lipinski definition) is 1. The predicted molar refractivity (Wildman–Crippen MR) is 99.9 cm³/mol. The number of aryl methyl sites for hydroxylation is 1. The van der Waals surface area contributed by atoms with Crippen molar-refractivity contribution in [2.45, 2.75) is 6.92 Å². The molecule has 0 unspecified atom stereocenters. The van der Waals surface area contributed by atoms with E-state index in [1.165, 1.54) is 23.6 Å². The minimum atomic E-state index is -0.405. The molecule has 6 nitrogen and oxygen atoms in total. The van der Waals surface area contributed by atoms with Crippen molar-refractivity contribution in [1.29, 1.82) is 0 Å². The van der Waals surface area contributed by atoms with Gasteiger partial charge in [0.1, 0.15) is 10.8 Å². The molecule has 0 fully saturated rings. The first-order valence-electron chi connectivity index (χ1n) is 8.03. The molecule has 134 valence electrons. The Bertz CT molecular complexity index is 1120. The van der Waals surface area contributed by atoms with Gasteiger partial charge in [-0.1, -0.05) is 35.6 Å². The van der Waals surface area contributed by atoms with Crippen molar-refractivity contribution in [1.82, 2.24) is 15.2 Å². The highest BCUT2D eigenvalue weighted by molar-refractivity contribution is 7.15. The topological polar surface area (TPSA) is 80.9 Å². The van der Waals surface area contributed by atoms with Gasteiger partial charge in [-0.25, -0.2) is 9.37 Å². The molecular formula is C19H13FN4O2S. The third kappa shape index (κ3) is 3.47. The van der Waals surface area contributed by atoms with Crippen LogP contribution < -0.4 is 5.32 Å².